The maximum absolute atomic E-state index is 13.8. The number of hydrogen-bond acceptors (Lipinski definition) is 2. The van der Waals surface area contributed by atoms with E-state index in [1.54, 1.807) is 17.0 Å². The number of carbonyl (C=O) groups is 2. The molecule has 0 saturated carbocycles. The lowest BCUT2D eigenvalue weighted by molar-refractivity contribution is -0.128. The van der Waals surface area contributed by atoms with E-state index in [1.807, 2.05) is 13.8 Å². The van der Waals surface area contributed by atoms with Crippen LogP contribution in [-0.2, 0) is 4.79 Å². The number of nitrogens with zero attached hydrogens (tertiary/aromatic N) is 1. The molecule has 0 aliphatic carbocycles. The van der Waals surface area contributed by atoms with Crippen LogP contribution in [0.2, 0.25) is 0 Å². The normalized spacial score (nSPS) is 16.5. The van der Waals surface area contributed by atoms with Crippen molar-refractivity contribution >= 4 is 11.8 Å². The minimum atomic E-state index is -0.499. The Bertz CT molecular complexity index is 656. The van der Waals surface area contributed by atoms with E-state index in [0.29, 0.717) is 25.9 Å². The number of rotatable bonds is 4. The molecule has 5 heteroatoms. The first-order valence-electron chi connectivity index (χ1n) is 9.34. The summed E-state index contributed by atoms with van der Waals surface area (Å²) in [4.78, 5) is 26.7. The summed E-state index contributed by atoms with van der Waals surface area (Å²) in [5, 5.41) is 3.17. The third-order valence-corrected chi connectivity index (χ3v) is 4.69. The Morgan fingerprint density at radius 2 is 1.69 bits per heavy atom. The van der Waals surface area contributed by atoms with Gasteiger partial charge in [0.15, 0.2) is 0 Å². The van der Waals surface area contributed by atoms with E-state index in [0.717, 1.165) is 6.42 Å². The largest absolute Gasteiger partial charge is 0.351 e. The summed E-state index contributed by atoms with van der Waals surface area (Å²) in [6.07, 6.45) is 2.10. The fourth-order valence-electron chi connectivity index (χ4n) is 3.96. The summed E-state index contributed by atoms with van der Waals surface area (Å²) in [5.41, 5.74) is -0.0383. The lowest BCUT2D eigenvalue weighted by atomic mass is 9.81. The summed E-state index contributed by atoms with van der Waals surface area (Å²) >= 11 is 0. The van der Waals surface area contributed by atoms with Crippen molar-refractivity contribution < 1.29 is 14.0 Å². The first-order valence-corrected chi connectivity index (χ1v) is 9.34. The molecule has 2 amide bonds. The third kappa shape index (κ3) is 5.55. The van der Waals surface area contributed by atoms with Crippen LogP contribution in [-0.4, -0.2) is 35.3 Å². The fourth-order valence-corrected chi connectivity index (χ4v) is 3.96. The highest BCUT2D eigenvalue weighted by molar-refractivity contribution is 5.94. The topological polar surface area (TPSA) is 49.4 Å². The van der Waals surface area contributed by atoms with Crippen LogP contribution in [0.1, 0.15) is 64.2 Å². The lowest BCUT2D eigenvalue weighted by Crippen LogP contribution is -2.50. The molecule has 0 aromatic heterocycles. The number of hydrogen-bond donors (Lipinski definition) is 1. The molecule has 1 heterocycles. The molecule has 1 fully saturated rings. The molecular weight excluding hydrogens is 331 g/mol. The van der Waals surface area contributed by atoms with Gasteiger partial charge in [-0.25, -0.2) is 4.39 Å². The van der Waals surface area contributed by atoms with Gasteiger partial charge in [0, 0.05) is 24.5 Å². The van der Waals surface area contributed by atoms with E-state index < -0.39 is 5.82 Å². The first-order chi connectivity index (χ1) is 12.0. The predicted molar refractivity (Wildman–Crippen MR) is 101 cm³/mol. The lowest BCUT2D eigenvalue weighted by Gasteiger charge is -2.36. The van der Waals surface area contributed by atoms with Crippen molar-refractivity contribution in [3.63, 3.8) is 0 Å². The van der Waals surface area contributed by atoms with E-state index in [-0.39, 0.29) is 34.2 Å². The monoisotopic (exact) mass is 362 g/mol. The van der Waals surface area contributed by atoms with E-state index in [1.165, 1.54) is 12.1 Å². The molecule has 0 bridgehead atoms. The molecule has 0 spiro atoms. The second kappa shape index (κ2) is 7.77. The summed E-state index contributed by atoms with van der Waals surface area (Å²) in [6, 6.07) is 6.03. The van der Waals surface area contributed by atoms with Gasteiger partial charge in [0.05, 0.1) is 5.56 Å². The Labute approximate surface area is 156 Å². The molecule has 1 aliphatic rings. The Morgan fingerprint density at radius 3 is 2.23 bits per heavy atom. The summed E-state index contributed by atoms with van der Waals surface area (Å²) < 4.78 is 13.8. The van der Waals surface area contributed by atoms with Gasteiger partial charge in [-0.05, 0) is 50.7 Å². The molecule has 0 unspecified atom stereocenters. The van der Waals surface area contributed by atoms with Crippen molar-refractivity contribution in [1.82, 2.24) is 10.2 Å². The Morgan fingerprint density at radius 1 is 1.12 bits per heavy atom. The number of amides is 2. The number of carbonyl (C=O) groups excluding carboxylic acids is 2. The summed E-state index contributed by atoms with van der Waals surface area (Å²) in [7, 11) is 0. The Hall–Kier alpha value is -1.91. The molecule has 2 rings (SSSR count). The Kier molecular flexibility index (Phi) is 6.09. The molecule has 1 aliphatic heterocycles. The Balaban J connectivity index is 1.91. The molecule has 26 heavy (non-hydrogen) atoms. The van der Waals surface area contributed by atoms with Crippen LogP contribution in [0.5, 0.6) is 0 Å². The van der Waals surface area contributed by atoms with E-state index >= 15 is 0 Å². The van der Waals surface area contributed by atoms with Gasteiger partial charge < -0.3 is 10.2 Å². The van der Waals surface area contributed by atoms with Gasteiger partial charge in [0.1, 0.15) is 5.82 Å². The summed E-state index contributed by atoms with van der Waals surface area (Å²) in [5.74, 6) is -0.840. The van der Waals surface area contributed by atoms with Crippen LogP contribution < -0.4 is 5.32 Å². The zero-order valence-electron chi connectivity index (χ0n) is 16.6. The third-order valence-electron chi connectivity index (χ3n) is 4.69. The summed E-state index contributed by atoms with van der Waals surface area (Å²) in [6.45, 7) is 11.5. The van der Waals surface area contributed by atoms with Crippen LogP contribution in [0.15, 0.2) is 24.3 Å². The number of nitrogens with one attached hydrogen (secondary N) is 1. The van der Waals surface area contributed by atoms with Crippen LogP contribution in [0, 0.1) is 17.2 Å². The van der Waals surface area contributed by atoms with Crippen molar-refractivity contribution in [3.8, 4) is 0 Å². The SMILES string of the molecule is CC(C)(C)CC(C)(C)NC(=O)C1CCN(C(=O)c2ccccc2F)CC1. The molecule has 1 N–H and O–H groups in total. The smallest absolute Gasteiger partial charge is 0.256 e. The zero-order chi connectivity index (χ0) is 19.5. The molecule has 0 radical (unpaired) electrons. The molecule has 1 saturated heterocycles. The van der Waals surface area contributed by atoms with Crippen LogP contribution in [0.3, 0.4) is 0 Å². The van der Waals surface area contributed by atoms with Crippen molar-refractivity contribution in [2.75, 3.05) is 13.1 Å². The van der Waals surface area contributed by atoms with Gasteiger partial charge in [-0.2, -0.15) is 0 Å². The molecule has 1 aromatic rings. The van der Waals surface area contributed by atoms with Gasteiger partial charge in [-0.15, -0.1) is 0 Å². The minimum absolute atomic E-state index is 0.0530. The molecule has 1 aromatic carbocycles. The van der Waals surface area contributed by atoms with Crippen molar-refractivity contribution in [1.29, 1.82) is 0 Å². The van der Waals surface area contributed by atoms with Crippen LogP contribution in [0.4, 0.5) is 4.39 Å². The minimum Gasteiger partial charge on any atom is -0.351 e. The quantitative estimate of drug-likeness (QED) is 0.880. The maximum Gasteiger partial charge on any atom is 0.256 e. The van der Waals surface area contributed by atoms with Gasteiger partial charge in [-0.1, -0.05) is 32.9 Å². The van der Waals surface area contributed by atoms with Gasteiger partial charge in [0.2, 0.25) is 5.91 Å². The van der Waals surface area contributed by atoms with Gasteiger partial charge in [-0.3, -0.25) is 9.59 Å². The van der Waals surface area contributed by atoms with Crippen LogP contribution >= 0.6 is 0 Å². The highest BCUT2D eigenvalue weighted by Gasteiger charge is 2.32. The number of likely N-dealkylation sites (tertiary alicyclic amines) is 1. The molecule has 4 nitrogen and oxygen atoms in total. The number of halogens is 1. The highest BCUT2D eigenvalue weighted by atomic mass is 19.1. The maximum atomic E-state index is 13.8. The second-order valence-corrected chi connectivity index (χ2v) is 9.16. The molecule has 144 valence electrons. The molecule has 0 atom stereocenters. The first kappa shape index (κ1) is 20.4. The van der Waals surface area contributed by atoms with E-state index in [9.17, 15) is 14.0 Å². The zero-order valence-corrected chi connectivity index (χ0v) is 16.6. The van der Waals surface area contributed by atoms with E-state index in [2.05, 4.69) is 26.1 Å². The predicted octanol–water partition coefficient (Wildman–Crippen LogP) is 4.01. The van der Waals surface area contributed by atoms with Crippen molar-refractivity contribution in [2.45, 2.75) is 59.4 Å². The molecular formula is C21H31FN2O2. The standard InChI is InChI=1S/C21H31FN2O2/c1-20(2,3)14-21(4,5)23-18(25)15-10-12-24(13-11-15)19(26)16-8-6-7-9-17(16)22/h6-9,15H,10-14H2,1-5H3,(H,23,25). The fraction of sp³-hybridized carbons (Fsp3) is 0.619. The van der Waals surface area contributed by atoms with E-state index in [4.69, 9.17) is 0 Å². The average molecular weight is 362 g/mol. The average Bonchev–Trinajstić information content (AvgIpc) is 2.52. The van der Waals surface area contributed by atoms with Crippen molar-refractivity contribution in [2.24, 2.45) is 11.3 Å². The van der Waals surface area contributed by atoms with Crippen molar-refractivity contribution in [3.05, 3.63) is 35.6 Å². The second-order valence-electron chi connectivity index (χ2n) is 9.16. The van der Waals surface area contributed by atoms with Gasteiger partial charge in [0.25, 0.3) is 5.91 Å². The van der Waals surface area contributed by atoms with Crippen LogP contribution in [0.25, 0.3) is 0 Å². The van der Waals surface area contributed by atoms with Gasteiger partial charge >= 0.3 is 0 Å². The number of piperidine rings is 1. The number of benzene rings is 1. The highest BCUT2D eigenvalue weighted by Crippen LogP contribution is 2.28.